The number of nitro benzene ring substituents is 1. The smallest absolute Gasteiger partial charge is 0.275 e. The fourth-order valence-corrected chi connectivity index (χ4v) is 4.27. The molecular weight excluding hydrogens is 460 g/mol. The minimum atomic E-state index is -0.559. The van der Waals surface area contributed by atoms with Crippen LogP contribution in [-0.4, -0.2) is 47.9 Å². The van der Waals surface area contributed by atoms with Gasteiger partial charge in [-0.05, 0) is 50.3 Å². The van der Waals surface area contributed by atoms with Crippen molar-refractivity contribution in [3.63, 3.8) is 0 Å². The maximum absolute atomic E-state index is 11.6. The summed E-state index contributed by atoms with van der Waals surface area (Å²) in [6, 6.07) is 12.6. The van der Waals surface area contributed by atoms with Gasteiger partial charge in [0, 0.05) is 31.4 Å². The molecule has 0 spiro atoms. The van der Waals surface area contributed by atoms with E-state index in [1.54, 1.807) is 0 Å². The molecule has 8 heteroatoms. The number of methoxy groups -OCH3 is 1. The normalized spacial score (nSPS) is 14.5. The summed E-state index contributed by atoms with van der Waals surface area (Å²) in [5, 5.41) is 11.0. The standard InChI is InChI=1S/C13H16N2O5.C13H18O.C2H6/c1-9(16)10-4-5-11(12(6-10)15(18)19)7-14(2)13(17)8-20-3;1-12(2)9-13(3,4)14-11-8-6-5-7-10(11)12;1-2/h4-6H,7-8H2,1-3H3;5-8H,9H2,1-4H3;1-2H3. The third-order valence-corrected chi connectivity index (χ3v) is 5.66. The number of likely N-dealkylation sites (N-methyl/N-ethyl adjacent to an activating group) is 1. The molecule has 0 fully saturated rings. The Morgan fingerprint density at radius 3 is 2.28 bits per heavy atom. The molecular formula is C28H40N2O6. The Balaban J connectivity index is 0.000000353. The molecule has 198 valence electrons. The summed E-state index contributed by atoms with van der Waals surface area (Å²) < 4.78 is 10.7. The number of para-hydroxylation sites is 1. The van der Waals surface area contributed by atoms with Crippen molar-refractivity contribution in [3.05, 3.63) is 69.3 Å². The summed E-state index contributed by atoms with van der Waals surface area (Å²) in [6.45, 7) is 14.2. The molecule has 0 N–H and O–H groups in total. The molecule has 0 aliphatic carbocycles. The second-order valence-electron chi connectivity index (χ2n) is 9.76. The number of fused-ring (bicyclic) bond motifs is 1. The fraction of sp³-hybridized carbons (Fsp3) is 0.500. The highest BCUT2D eigenvalue weighted by Crippen LogP contribution is 2.44. The summed E-state index contributed by atoms with van der Waals surface area (Å²) in [5.74, 6) is 0.523. The van der Waals surface area contributed by atoms with Crippen molar-refractivity contribution in [2.75, 3.05) is 20.8 Å². The first-order valence-electron chi connectivity index (χ1n) is 12.1. The average Bonchev–Trinajstić information content (AvgIpc) is 2.79. The van der Waals surface area contributed by atoms with Crippen LogP contribution >= 0.6 is 0 Å². The van der Waals surface area contributed by atoms with E-state index in [4.69, 9.17) is 9.47 Å². The van der Waals surface area contributed by atoms with Crippen molar-refractivity contribution in [1.82, 2.24) is 4.90 Å². The first kappa shape index (κ1) is 30.8. The van der Waals surface area contributed by atoms with Gasteiger partial charge in [-0.25, -0.2) is 0 Å². The van der Waals surface area contributed by atoms with E-state index >= 15 is 0 Å². The number of carbonyl (C=O) groups is 2. The Morgan fingerprint density at radius 2 is 1.72 bits per heavy atom. The quantitative estimate of drug-likeness (QED) is 0.276. The molecule has 0 saturated heterocycles. The van der Waals surface area contributed by atoms with E-state index in [1.807, 2.05) is 19.9 Å². The molecule has 0 saturated carbocycles. The lowest BCUT2D eigenvalue weighted by molar-refractivity contribution is -0.385. The highest BCUT2D eigenvalue weighted by atomic mass is 16.6. The van der Waals surface area contributed by atoms with E-state index in [-0.39, 0.29) is 47.1 Å². The van der Waals surface area contributed by atoms with Crippen molar-refractivity contribution in [2.24, 2.45) is 0 Å². The van der Waals surface area contributed by atoms with E-state index in [9.17, 15) is 19.7 Å². The molecule has 2 aromatic rings. The molecule has 36 heavy (non-hydrogen) atoms. The lowest BCUT2D eigenvalue weighted by Crippen LogP contribution is -2.41. The number of hydrogen-bond donors (Lipinski definition) is 0. The number of hydrogen-bond acceptors (Lipinski definition) is 6. The Labute approximate surface area is 214 Å². The number of benzene rings is 2. The molecule has 2 aromatic carbocycles. The van der Waals surface area contributed by atoms with Gasteiger partial charge in [0.2, 0.25) is 5.91 Å². The number of ether oxygens (including phenoxy) is 2. The number of Topliss-reactive ketones (excluding diaryl/α,β-unsaturated/α-hetero) is 1. The summed E-state index contributed by atoms with van der Waals surface area (Å²) in [4.78, 5) is 34.6. The summed E-state index contributed by atoms with van der Waals surface area (Å²) in [7, 11) is 2.93. The summed E-state index contributed by atoms with van der Waals surface area (Å²) in [5.41, 5.74) is 1.98. The van der Waals surface area contributed by atoms with Gasteiger partial charge >= 0.3 is 0 Å². The molecule has 3 rings (SSSR count). The maximum atomic E-state index is 11.6. The van der Waals surface area contributed by atoms with Gasteiger partial charge in [0.05, 0.1) is 11.5 Å². The summed E-state index contributed by atoms with van der Waals surface area (Å²) >= 11 is 0. The van der Waals surface area contributed by atoms with Crippen LogP contribution in [-0.2, 0) is 21.5 Å². The van der Waals surface area contributed by atoms with Gasteiger partial charge in [0.1, 0.15) is 18.0 Å². The van der Waals surface area contributed by atoms with Crippen LogP contribution in [0, 0.1) is 10.1 Å². The molecule has 1 amide bonds. The lowest BCUT2D eigenvalue weighted by Gasteiger charge is -2.42. The first-order valence-corrected chi connectivity index (χ1v) is 12.1. The minimum Gasteiger partial charge on any atom is -0.488 e. The molecule has 0 atom stereocenters. The number of rotatable bonds is 6. The van der Waals surface area contributed by atoms with E-state index in [1.165, 1.54) is 49.7 Å². The molecule has 8 nitrogen and oxygen atoms in total. The van der Waals surface area contributed by atoms with Gasteiger partial charge in [-0.1, -0.05) is 52.0 Å². The average molecular weight is 501 g/mol. The Bertz CT molecular complexity index is 1060. The Morgan fingerprint density at radius 1 is 1.11 bits per heavy atom. The Hall–Kier alpha value is -3.26. The molecule has 1 aliphatic heterocycles. The zero-order chi connectivity index (χ0) is 27.7. The minimum absolute atomic E-state index is 0.0438. The van der Waals surface area contributed by atoms with Crippen molar-refractivity contribution in [2.45, 2.75) is 72.4 Å². The predicted octanol–water partition coefficient (Wildman–Crippen LogP) is 5.95. The predicted molar refractivity (Wildman–Crippen MR) is 142 cm³/mol. The van der Waals surface area contributed by atoms with Crippen LogP contribution in [0.3, 0.4) is 0 Å². The van der Waals surface area contributed by atoms with Crippen molar-refractivity contribution in [3.8, 4) is 5.75 Å². The molecule has 0 radical (unpaired) electrons. The molecule has 0 bridgehead atoms. The lowest BCUT2D eigenvalue weighted by atomic mass is 9.74. The zero-order valence-corrected chi connectivity index (χ0v) is 23.0. The van der Waals surface area contributed by atoms with Gasteiger partial charge in [-0.2, -0.15) is 0 Å². The molecule has 1 heterocycles. The highest BCUT2D eigenvalue weighted by molar-refractivity contribution is 5.94. The topological polar surface area (TPSA) is 99.0 Å². The number of nitrogens with zero attached hydrogens (tertiary/aromatic N) is 2. The Kier molecular flexibility index (Phi) is 11.2. The third-order valence-electron chi connectivity index (χ3n) is 5.66. The van der Waals surface area contributed by atoms with Gasteiger partial charge in [-0.15, -0.1) is 0 Å². The third kappa shape index (κ3) is 8.45. The van der Waals surface area contributed by atoms with Crippen LogP contribution in [0.5, 0.6) is 5.75 Å². The highest BCUT2D eigenvalue weighted by Gasteiger charge is 2.38. The monoisotopic (exact) mass is 500 g/mol. The number of carbonyl (C=O) groups excluding carboxylic acids is 2. The first-order chi connectivity index (χ1) is 16.8. The van der Waals surface area contributed by atoms with Gasteiger partial charge in [0.15, 0.2) is 5.78 Å². The van der Waals surface area contributed by atoms with Crippen molar-refractivity contribution < 1.29 is 24.0 Å². The number of amides is 1. The largest absolute Gasteiger partial charge is 0.488 e. The van der Waals surface area contributed by atoms with Crippen LogP contribution in [0.25, 0.3) is 0 Å². The summed E-state index contributed by atoms with van der Waals surface area (Å²) in [6.07, 6.45) is 1.07. The SMILES string of the molecule is CC.CC1(C)CC(C)(C)c2ccccc2O1.COCC(=O)N(C)Cc1ccc(C(C)=O)cc1[N+](=O)[O-]. The van der Waals surface area contributed by atoms with Crippen LogP contribution in [0.2, 0.25) is 0 Å². The zero-order valence-electron chi connectivity index (χ0n) is 23.0. The van der Waals surface area contributed by atoms with E-state index in [2.05, 4.69) is 45.9 Å². The van der Waals surface area contributed by atoms with Crippen LogP contribution in [0.1, 0.15) is 76.4 Å². The van der Waals surface area contributed by atoms with Crippen molar-refractivity contribution >= 4 is 17.4 Å². The second-order valence-corrected chi connectivity index (χ2v) is 9.76. The molecule has 0 unspecified atom stereocenters. The van der Waals surface area contributed by atoms with Gasteiger partial charge < -0.3 is 14.4 Å². The number of ketones is 1. The second kappa shape index (κ2) is 13.2. The maximum Gasteiger partial charge on any atom is 0.275 e. The fourth-order valence-electron chi connectivity index (χ4n) is 4.27. The van der Waals surface area contributed by atoms with Crippen LogP contribution < -0.4 is 4.74 Å². The van der Waals surface area contributed by atoms with Crippen LogP contribution in [0.4, 0.5) is 5.69 Å². The van der Waals surface area contributed by atoms with Gasteiger partial charge in [-0.3, -0.25) is 19.7 Å². The van der Waals surface area contributed by atoms with Crippen molar-refractivity contribution in [1.29, 1.82) is 0 Å². The molecule has 0 aromatic heterocycles. The number of nitro groups is 1. The van der Waals surface area contributed by atoms with Crippen LogP contribution in [0.15, 0.2) is 42.5 Å². The molecule has 1 aliphatic rings. The van der Waals surface area contributed by atoms with E-state index in [0.717, 1.165) is 12.2 Å². The van der Waals surface area contributed by atoms with Gasteiger partial charge in [0.25, 0.3) is 5.69 Å². The van der Waals surface area contributed by atoms with E-state index < -0.39 is 4.92 Å². The van der Waals surface area contributed by atoms with E-state index in [0.29, 0.717) is 5.56 Å².